The Balaban J connectivity index is 0.00000385. The number of carbonyl (C=O) groups is 1. The quantitative estimate of drug-likeness (QED) is 0.199. The van der Waals surface area contributed by atoms with Crippen LogP contribution in [0.1, 0.15) is 17.2 Å². The maximum atomic E-state index is 12.1. The third kappa shape index (κ3) is 8.55. The van der Waals surface area contributed by atoms with Crippen molar-refractivity contribution >= 4 is 35.8 Å². The number of ether oxygens (including phenoxy) is 1. The Hall–Kier alpha value is -2.25. The molecule has 3 rings (SSSR count). The van der Waals surface area contributed by atoms with Gasteiger partial charge in [0, 0.05) is 46.9 Å². The number of piperazine rings is 1. The molecule has 0 spiro atoms. The van der Waals surface area contributed by atoms with Crippen molar-refractivity contribution in [3.05, 3.63) is 47.5 Å². The number of aryl methyl sites for hydroxylation is 1. The van der Waals surface area contributed by atoms with E-state index in [1.807, 2.05) is 36.7 Å². The van der Waals surface area contributed by atoms with E-state index >= 15 is 0 Å². The van der Waals surface area contributed by atoms with Gasteiger partial charge in [-0.2, -0.15) is 0 Å². The second-order valence-corrected chi connectivity index (χ2v) is 7.81. The molecule has 0 aliphatic carbocycles. The summed E-state index contributed by atoms with van der Waals surface area (Å²) in [5.41, 5.74) is 1.16. The molecular formula is C22H35IN8O2. The predicted octanol–water partition coefficient (Wildman–Crippen LogP) is 0.768. The lowest BCUT2D eigenvalue weighted by Gasteiger charge is -2.36. The molecule has 0 atom stereocenters. The van der Waals surface area contributed by atoms with Crippen molar-refractivity contribution in [1.29, 1.82) is 0 Å². The van der Waals surface area contributed by atoms with Crippen LogP contribution in [0.25, 0.3) is 0 Å². The highest BCUT2D eigenvalue weighted by atomic mass is 127. The molecule has 0 saturated carbocycles. The van der Waals surface area contributed by atoms with Gasteiger partial charge in [-0.3, -0.25) is 9.69 Å². The lowest BCUT2D eigenvalue weighted by molar-refractivity contribution is -0.122. The van der Waals surface area contributed by atoms with Crippen LogP contribution in [-0.4, -0.2) is 89.4 Å². The predicted molar refractivity (Wildman–Crippen MR) is 138 cm³/mol. The number of nitrogens with zero attached hydrogens (tertiary/aromatic N) is 6. The highest BCUT2D eigenvalue weighted by molar-refractivity contribution is 14.0. The molecule has 1 aliphatic heterocycles. The molecule has 1 amide bonds. The third-order valence-electron chi connectivity index (χ3n) is 5.51. The number of hydrogen-bond donors (Lipinski definition) is 2. The molecule has 182 valence electrons. The van der Waals surface area contributed by atoms with Gasteiger partial charge in [-0.25, -0.2) is 4.99 Å². The normalized spacial score (nSPS) is 14.6. The standard InChI is InChI=1S/C22H34N8O2.HI/c1-18-26-27-20(28(18)2)16-25-22(24-15-19-7-5-4-6-8-19)30-12-10-29(11-13-30)17-21(31)23-9-14-32-3;/h4-8H,9-17H2,1-3H3,(H,23,31)(H,24,25);1H. The summed E-state index contributed by atoms with van der Waals surface area (Å²) in [6.45, 7) is 7.74. The summed E-state index contributed by atoms with van der Waals surface area (Å²) in [4.78, 5) is 21.4. The Morgan fingerprint density at radius 3 is 2.48 bits per heavy atom. The Kier molecular flexibility index (Phi) is 11.5. The molecule has 1 aromatic carbocycles. The number of carbonyl (C=O) groups excluding carboxylic acids is 1. The second-order valence-electron chi connectivity index (χ2n) is 7.81. The lowest BCUT2D eigenvalue weighted by Crippen LogP contribution is -2.54. The van der Waals surface area contributed by atoms with Crippen molar-refractivity contribution in [2.45, 2.75) is 20.0 Å². The number of hydrogen-bond acceptors (Lipinski definition) is 6. The number of amides is 1. The van der Waals surface area contributed by atoms with E-state index in [1.165, 1.54) is 0 Å². The van der Waals surface area contributed by atoms with E-state index in [1.54, 1.807) is 7.11 Å². The molecule has 10 nitrogen and oxygen atoms in total. The minimum Gasteiger partial charge on any atom is -0.383 e. The van der Waals surface area contributed by atoms with Gasteiger partial charge in [0.15, 0.2) is 11.8 Å². The highest BCUT2D eigenvalue weighted by Crippen LogP contribution is 2.06. The summed E-state index contributed by atoms with van der Waals surface area (Å²) in [7, 11) is 3.59. The summed E-state index contributed by atoms with van der Waals surface area (Å²) in [6, 6.07) is 10.2. The van der Waals surface area contributed by atoms with Gasteiger partial charge in [0.05, 0.1) is 26.2 Å². The smallest absolute Gasteiger partial charge is 0.234 e. The molecule has 33 heavy (non-hydrogen) atoms. The topological polar surface area (TPSA) is 99.9 Å². The van der Waals surface area contributed by atoms with Gasteiger partial charge in [-0.1, -0.05) is 30.3 Å². The minimum absolute atomic E-state index is 0. The van der Waals surface area contributed by atoms with E-state index in [0.29, 0.717) is 32.8 Å². The van der Waals surface area contributed by atoms with E-state index < -0.39 is 0 Å². The van der Waals surface area contributed by atoms with E-state index in [0.717, 1.165) is 49.4 Å². The Labute approximate surface area is 212 Å². The Bertz CT molecular complexity index is 882. The van der Waals surface area contributed by atoms with E-state index in [9.17, 15) is 4.79 Å². The lowest BCUT2D eigenvalue weighted by atomic mass is 10.2. The van der Waals surface area contributed by atoms with Crippen LogP contribution in [0.2, 0.25) is 0 Å². The monoisotopic (exact) mass is 570 g/mol. The maximum Gasteiger partial charge on any atom is 0.234 e. The van der Waals surface area contributed by atoms with Crippen LogP contribution in [0.5, 0.6) is 0 Å². The summed E-state index contributed by atoms with van der Waals surface area (Å²) in [5.74, 6) is 2.62. The van der Waals surface area contributed by atoms with Gasteiger partial charge >= 0.3 is 0 Å². The zero-order valence-electron chi connectivity index (χ0n) is 19.7. The molecule has 2 heterocycles. The fraction of sp³-hybridized carbons (Fsp3) is 0.545. The Morgan fingerprint density at radius 2 is 1.85 bits per heavy atom. The number of aromatic nitrogens is 3. The summed E-state index contributed by atoms with van der Waals surface area (Å²) < 4.78 is 6.95. The number of guanidine groups is 1. The van der Waals surface area contributed by atoms with E-state index in [4.69, 9.17) is 9.73 Å². The summed E-state index contributed by atoms with van der Waals surface area (Å²) in [6.07, 6.45) is 0. The molecule has 0 unspecified atom stereocenters. The summed E-state index contributed by atoms with van der Waals surface area (Å²) >= 11 is 0. The number of nitrogens with one attached hydrogen (secondary N) is 2. The van der Waals surface area contributed by atoms with Crippen LogP contribution >= 0.6 is 24.0 Å². The van der Waals surface area contributed by atoms with E-state index in [-0.39, 0.29) is 29.9 Å². The van der Waals surface area contributed by atoms with Gasteiger partial charge in [-0.05, 0) is 12.5 Å². The maximum absolute atomic E-state index is 12.1. The molecule has 2 aromatic rings. The van der Waals surface area contributed by atoms with E-state index in [2.05, 4.69) is 42.8 Å². The number of aliphatic imine (C=N–C) groups is 1. The first-order chi connectivity index (χ1) is 15.6. The first-order valence-corrected chi connectivity index (χ1v) is 11.0. The number of halogens is 1. The molecule has 0 radical (unpaired) electrons. The molecule has 1 aromatic heterocycles. The molecule has 2 N–H and O–H groups in total. The molecule has 1 aliphatic rings. The minimum atomic E-state index is 0. The van der Waals surface area contributed by atoms with Crippen molar-refractivity contribution in [2.24, 2.45) is 12.0 Å². The Morgan fingerprint density at radius 1 is 1.12 bits per heavy atom. The number of rotatable bonds is 9. The number of benzene rings is 1. The number of methoxy groups -OCH3 is 1. The van der Waals surface area contributed by atoms with Gasteiger partial charge in [-0.15, -0.1) is 34.2 Å². The van der Waals surface area contributed by atoms with Crippen LogP contribution < -0.4 is 10.6 Å². The van der Waals surface area contributed by atoms with Gasteiger partial charge in [0.25, 0.3) is 0 Å². The van der Waals surface area contributed by atoms with Crippen LogP contribution in [-0.2, 0) is 29.7 Å². The first kappa shape index (κ1) is 27.0. The zero-order chi connectivity index (χ0) is 22.8. The van der Waals surface area contributed by atoms with Gasteiger partial charge in [0.2, 0.25) is 5.91 Å². The third-order valence-corrected chi connectivity index (χ3v) is 5.51. The fourth-order valence-electron chi connectivity index (χ4n) is 3.45. The van der Waals surface area contributed by atoms with Crippen molar-refractivity contribution in [3.8, 4) is 0 Å². The fourth-order valence-corrected chi connectivity index (χ4v) is 3.45. The molecule has 1 saturated heterocycles. The van der Waals surface area contributed by atoms with Gasteiger partial charge in [0.1, 0.15) is 5.82 Å². The van der Waals surface area contributed by atoms with Crippen molar-refractivity contribution in [3.63, 3.8) is 0 Å². The molecular weight excluding hydrogens is 535 g/mol. The zero-order valence-corrected chi connectivity index (χ0v) is 22.0. The van der Waals surface area contributed by atoms with Crippen molar-refractivity contribution < 1.29 is 9.53 Å². The average molecular weight is 570 g/mol. The van der Waals surface area contributed by atoms with Crippen LogP contribution in [0, 0.1) is 6.92 Å². The largest absolute Gasteiger partial charge is 0.383 e. The highest BCUT2D eigenvalue weighted by Gasteiger charge is 2.21. The average Bonchev–Trinajstić information content (AvgIpc) is 3.13. The molecule has 0 bridgehead atoms. The molecule has 11 heteroatoms. The van der Waals surface area contributed by atoms with Crippen LogP contribution in [0.4, 0.5) is 0 Å². The first-order valence-electron chi connectivity index (χ1n) is 11.0. The van der Waals surface area contributed by atoms with Gasteiger partial charge < -0.3 is 24.8 Å². The molecule has 1 fully saturated rings. The second kappa shape index (κ2) is 14.1. The summed E-state index contributed by atoms with van der Waals surface area (Å²) in [5, 5.41) is 14.7. The van der Waals surface area contributed by atoms with Crippen LogP contribution in [0.15, 0.2) is 35.3 Å². The van der Waals surface area contributed by atoms with Crippen LogP contribution in [0.3, 0.4) is 0 Å². The van der Waals surface area contributed by atoms with Crippen molar-refractivity contribution in [2.75, 3.05) is 53.0 Å². The van der Waals surface area contributed by atoms with Crippen molar-refractivity contribution in [1.82, 2.24) is 35.2 Å². The SMILES string of the molecule is COCCNC(=O)CN1CCN(C(=NCc2ccccc2)NCc2nnc(C)n2C)CC1.I.